The first kappa shape index (κ1) is 16.3. The lowest BCUT2D eigenvalue weighted by Crippen LogP contribution is -2.37. The number of hydrogen-bond donors (Lipinski definition) is 0. The molecule has 1 aromatic carbocycles. The second kappa shape index (κ2) is 6.28. The molecule has 1 saturated carbocycles. The fraction of sp³-hybridized carbons (Fsp3) is 0.500. The van der Waals surface area contributed by atoms with Gasteiger partial charge in [-0.15, -0.1) is 0 Å². The average Bonchev–Trinajstić information content (AvgIpc) is 3.41. The minimum absolute atomic E-state index is 0.0124. The van der Waals surface area contributed by atoms with E-state index in [1.807, 2.05) is 16.6 Å². The van der Waals surface area contributed by atoms with Crippen molar-refractivity contribution < 1.29 is 9.18 Å². The van der Waals surface area contributed by atoms with Crippen LogP contribution in [-0.2, 0) is 12.8 Å². The Morgan fingerprint density at radius 1 is 1.24 bits per heavy atom. The third kappa shape index (κ3) is 2.96. The van der Waals surface area contributed by atoms with Crippen molar-refractivity contribution in [2.24, 2.45) is 5.92 Å². The molecule has 1 heterocycles. The van der Waals surface area contributed by atoms with Crippen molar-refractivity contribution in [3.8, 4) is 5.69 Å². The summed E-state index contributed by atoms with van der Waals surface area (Å²) in [7, 11) is 1.89. The number of fused-ring (bicyclic) bond motifs is 1. The molecule has 0 saturated heterocycles. The van der Waals surface area contributed by atoms with E-state index in [4.69, 9.17) is 0 Å². The van der Waals surface area contributed by atoms with Gasteiger partial charge in [0.15, 0.2) is 5.69 Å². The number of carbonyl (C=O) groups excluding carboxylic acids is 1. The van der Waals surface area contributed by atoms with Gasteiger partial charge in [0.25, 0.3) is 5.91 Å². The summed E-state index contributed by atoms with van der Waals surface area (Å²) in [5.74, 6) is 0.376. The maximum Gasteiger partial charge on any atom is 0.274 e. The molecule has 1 amide bonds. The zero-order valence-electron chi connectivity index (χ0n) is 14.8. The molecule has 0 spiro atoms. The SMILES string of the molecule is C[C@H](C1CC1)N(C)C(=O)c1nn(-c2ccc(F)cc2)c2c1CCCC2. The standard InChI is InChI=1S/C20H24FN3O/c1-13(14-7-8-14)23(2)20(25)19-17-5-3-4-6-18(17)24(22-19)16-11-9-15(21)10-12-16/h9-14H,3-8H2,1-2H3/t13-/m1/s1. The number of aromatic nitrogens is 2. The smallest absolute Gasteiger partial charge is 0.274 e. The van der Waals surface area contributed by atoms with Gasteiger partial charge in [0.05, 0.1) is 5.69 Å². The summed E-state index contributed by atoms with van der Waals surface area (Å²) in [5.41, 5.74) is 3.58. The van der Waals surface area contributed by atoms with Gasteiger partial charge in [-0.05, 0) is 75.6 Å². The van der Waals surface area contributed by atoms with Crippen molar-refractivity contribution >= 4 is 5.91 Å². The van der Waals surface area contributed by atoms with E-state index in [9.17, 15) is 9.18 Å². The van der Waals surface area contributed by atoms with Crippen LogP contribution in [0.25, 0.3) is 5.69 Å². The van der Waals surface area contributed by atoms with Gasteiger partial charge in [0.1, 0.15) is 5.82 Å². The molecule has 1 aromatic heterocycles. The Hall–Kier alpha value is -2.17. The molecule has 2 aliphatic carbocycles. The van der Waals surface area contributed by atoms with Crippen LogP contribution in [0.5, 0.6) is 0 Å². The van der Waals surface area contributed by atoms with Gasteiger partial charge in [0.2, 0.25) is 0 Å². The zero-order valence-corrected chi connectivity index (χ0v) is 14.8. The summed E-state index contributed by atoms with van der Waals surface area (Å²) in [4.78, 5) is 14.9. The van der Waals surface area contributed by atoms with Crippen molar-refractivity contribution in [2.45, 2.75) is 51.5 Å². The molecule has 5 heteroatoms. The highest BCUT2D eigenvalue weighted by Gasteiger charge is 2.35. The second-order valence-electron chi connectivity index (χ2n) is 7.36. The number of carbonyl (C=O) groups is 1. The molecule has 2 aliphatic rings. The molecule has 4 nitrogen and oxygen atoms in total. The van der Waals surface area contributed by atoms with Crippen LogP contribution in [0.4, 0.5) is 4.39 Å². The maximum atomic E-state index is 13.3. The lowest BCUT2D eigenvalue weighted by atomic mass is 9.95. The van der Waals surface area contributed by atoms with Crippen LogP contribution in [0.1, 0.15) is 54.4 Å². The average molecular weight is 341 g/mol. The molecular formula is C20H24FN3O. The van der Waals surface area contributed by atoms with Gasteiger partial charge >= 0.3 is 0 Å². The highest BCUT2D eigenvalue weighted by molar-refractivity contribution is 5.94. The molecule has 0 unspecified atom stereocenters. The Morgan fingerprint density at radius 2 is 1.92 bits per heavy atom. The molecule has 0 bridgehead atoms. The van der Waals surface area contributed by atoms with E-state index in [1.165, 1.54) is 25.0 Å². The van der Waals surface area contributed by atoms with Crippen LogP contribution >= 0.6 is 0 Å². The van der Waals surface area contributed by atoms with Crippen molar-refractivity contribution in [3.63, 3.8) is 0 Å². The molecule has 0 aliphatic heterocycles. The lowest BCUT2D eigenvalue weighted by molar-refractivity contribution is 0.0719. The summed E-state index contributed by atoms with van der Waals surface area (Å²) >= 11 is 0. The Balaban J connectivity index is 1.72. The van der Waals surface area contributed by atoms with Gasteiger partial charge in [-0.25, -0.2) is 9.07 Å². The number of rotatable bonds is 4. The summed E-state index contributed by atoms with van der Waals surface area (Å²) in [6.07, 6.45) is 6.41. The van der Waals surface area contributed by atoms with E-state index in [2.05, 4.69) is 12.0 Å². The van der Waals surface area contributed by atoms with E-state index in [0.717, 1.165) is 42.6 Å². The number of benzene rings is 1. The first-order valence-corrected chi connectivity index (χ1v) is 9.20. The fourth-order valence-electron chi connectivity index (χ4n) is 3.81. The summed E-state index contributed by atoms with van der Waals surface area (Å²) in [6.45, 7) is 2.12. The molecule has 1 atom stereocenters. The van der Waals surface area contributed by atoms with Crippen LogP contribution < -0.4 is 0 Å². The zero-order chi connectivity index (χ0) is 17.6. The largest absolute Gasteiger partial charge is 0.337 e. The van der Waals surface area contributed by atoms with Gasteiger partial charge in [-0.2, -0.15) is 5.10 Å². The van der Waals surface area contributed by atoms with E-state index < -0.39 is 0 Å². The van der Waals surface area contributed by atoms with Crippen molar-refractivity contribution in [1.29, 1.82) is 0 Å². The van der Waals surface area contributed by atoms with Crippen LogP contribution in [-0.4, -0.2) is 33.7 Å². The van der Waals surface area contributed by atoms with Crippen LogP contribution in [0, 0.1) is 11.7 Å². The molecule has 25 heavy (non-hydrogen) atoms. The van der Waals surface area contributed by atoms with Crippen molar-refractivity contribution in [3.05, 3.63) is 47.0 Å². The van der Waals surface area contributed by atoms with Crippen LogP contribution in [0.2, 0.25) is 0 Å². The first-order valence-electron chi connectivity index (χ1n) is 9.20. The van der Waals surface area contributed by atoms with Gasteiger partial charge in [0, 0.05) is 24.3 Å². The van der Waals surface area contributed by atoms with E-state index >= 15 is 0 Å². The topological polar surface area (TPSA) is 38.1 Å². The molecule has 0 radical (unpaired) electrons. The summed E-state index contributed by atoms with van der Waals surface area (Å²) < 4.78 is 15.1. The summed E-state index contributed by atoms with van der Waals surface area (Å²) in [6, 6.07) is 6.58. The highest BCUT2D eigenvalue weighted by Crippen LogP contribution is 2.35. The summed E-state index contributed by atoms with van der Waals surface area (Å²) in [5, 5.41) is 4.68. The number of halogens is 1. The Kier molecular flexibility index (Phi) is 4.10. The second-order valence-corrected chi connectivity index (χ2v) is 7.36. The molecule has 0 N–H and O–H groups in total. The Labute approximate surface area is 147 Å². The quantitative estimate of drug-likeness (QED) is 0.849. The van der Waals surface area contributed by atoms with Crippen molar-refractivity contribution in [2.75, 3.05) is 7.05 Å². The Morgan fingerprint density at radius 3 is 2.60 bits per heavy atom. The minimum atomic E-state index is -0.265. The third-order valence-electron chi connectivity index (χ3n) is 5.69. The highest BCUT2D eigenvalue weighted by atomic mass is 19.1. The van der Waals surface area contributed by atoms with Crippen LogP contribution in [0.15, 0.2) is 24.3 Å². The molecule has 1 fully saturated rings. The predicted octanol–water partition coefficient (Wildman–Crippen LogP) is 3.76. The number of amides is 1. The fourth-order valence-corrected chi connectivity index (χ4v) is 3.81. The van der Waals surface area contributed by atoms with E-state index in [-0.39, 0.29) is 17.8 Å². The molecule has 2 aromatic rings. The first-order chi connectivity index (χ1) is 12.1. The van der Waals surface area contributed by atoms with Gasteiger partial charge < -0.3 is 4.90 Å². The normalized spacial score (nSPS) is 17.9. The lowest BCUT2D eigenvalue weighted by Gasteiger charge is -2.24. The molecule has 4 rings (SSSR count). The van der Waals surface area contributed by atoms with Gasteiger partial charge in [-0.1, -0.05) is 0 Å². The molecular weight excluding hydrogens is 317 g/mol. The number of hydrogen-bond acceptors (Lipinski definition) is 2. The van der Waals surface area contributed by atoms with E-state index in [0.29, 0.717) is 11.6 Å². The maximum absolute atomic E-state index is 13.3. The third-order valence-corrected chi connectivity index (χ3v) is 5.69. The predicted molar refractivity (Wildman–Crippen MR) is 94.4 cm³/mol. The Bertz CT molecular complexity index is 792. The van der Waals surface area contributed by atoms with Crippen molar-refractivity contribution in [1.82, 2.24) is 14.7 Å². The minimum Gasteiger partial charge on any atom is -0.337 e. The molecule has 132 valence electrons. The monoisotopic (exact) mass is 341 g/mol. The van der Waals surface area contributed by atoms with Gasteiger partial charge in [-0.3, -0.25) is 4.79 Å². The van der Waals surface area contributed by atoms with E-state index in [1.54, 1.807) is 12.1 Å². The van der Waals surface area contributed by atoms with Crippen LogP contribution in [0.3, 0.4) is 0 Å². The number of nitrogens with zero attached hydrogens (tertiary/aromatic N) is 3.